The van der Waals surface area contributed by atoms with Crippen LogP contribution in [0.25, 0.3) is 10.6 Å². The number of carbonyl (C=O) groups is 2. The lowest BCUT2D eigenvalue weighted by Gasteiger charge is -2.08. The largest absolute Gasteiger partial charge is 0.493 e. The fraction of sp³-hybridized carbons (Fsp3) is 0.148. The van der Waals surface area contributed by atoms with Gasteiger partial charge in [0.2, 0.25) is 0 Å². The van der Waals surface area contributed by atoms with Crippen LogP contribution >= 0.6 is 11.3 Å². The molecule has 1 heterocycles. The molecule has 7 nitrogen and oxygen atoms in total. The van der Waals surface area contributed by atoms with E-state index in [0.29, 0.717) is 22.8 Å². The van der Waals surface area contributed by atoms with Gasteiger partial charge in [-0.05, 0) is 48.0 Å². The van der Waals surface area contributed by atoms with Crippen LogP contribution in [0.3, 0.4) is 0 Å². The van der Waals surface area contributed by atoms with Crippen molar-refractivity contribution in [1.82, 2.24) is 4.98 Å². The number of benzene rings is 3. The van der Waals surface area contributed by atoms with Gasteiger partial charge in [-0.1, -0.05) is 30.3 Å². The minimum atomic E-state index is -0.375. The molecule has 4 aromatic rings. The molecule has 0 radical (unpaired) electrons. The molecule has 0 aliphatic rings. The van der Waals surface area contributed by atoms with Crippen molar-refractivity contribution in [3.05, 3.63) is 95.0 Å². The number of anilines is 1. The molecule has 0 atom stereocenters. The number of hydrogen-bond donors (Lipinski definition) is 1. The molecular weight excluding hydrogens is 464 g/mol. The summed E-state index contributed by atoms with van der Waals surface area (Å²) in [5, 5.41) is 5.45. The molecule has 1 amide bonds. The maximum Gasteiger partial charge on any atom is 0.312 e. The molecule has 35 heavy (non-hydrogen) atoms. The maximum absolute atomic E-state index is 12.4. The van der Waals surface area contributed by atoms with Crippen molar-refractivity contribution < 1.29 is 23.8 Å². The number of ether oxygens (including phenoxy) is 3. The highest BCUT2D eigenvalue weighted by Gasteiger charge is 2.13. The molecule has 178 valence electrons. The van der Waals surface area contributed by atoms with Crippen LogP contribution in [0.2, 0.25) is 0 Å². The summed E-state index contributed by atoms with van der Waals surface area (Å²) in [6.45, 7) is 0.117. The van der Waals surface area contributed by atoms with E-state index in [1.54, 1.807) is 38.5 Å². The molecule has 1 N–H and O–H groups in total. The summed E-state index contributed by atoms with van der Waals surface area (Å²) >= 11 is 1.44. The molecule has 0 fully saturated rings. The molecule has 0 unspecified atom stereocenters. The van der Waals surface area contributed by atoms with Gasteiger partial charge in [-0.3, -0.25) is 9.59 Å². The van der Waals surface area contributed by atoms with E-state index in [1.807, 2.05) is 53.9 Å². The lowest BCUT2D eigenvalue weighted by molar-refractivity contribution is -0.144. The van der Waals surface area contributed by atoms with Crippen LogP contribution in [-0.4, -0.2) is 31.1 Å². The smallest absolute Gasteiger partial charge is 0.312 e. The fourth-order valence-electron chi connectivity index (χ4n) is 3.33. The first-order chi connectivity index (χ1) is 17.1. The van der Waals surface area contributed by atoms with E-state index >= 15 is 0 Å². The van der Waals surface area contributed by atoms with Gasteiger partial charge in [0.15, 0.2) is 11.5 Å². The van der Waals surface area contributed by atoms with E-state index in [0.717, 1.165) is 21.8 Å². The third kappa shape index (κ3) is 6.24. The van der Waals surface area contributed by atoms with Gasteiger partial charge in [-0.15, -0.1) is 11.3 Å². The number of methoxy groups -OCH3 is 2. The Labute approximate surface area is 207 Å². The summed E-state index contributed by atoms with van der Waals surface area (Å²) in [5.74, 6) is 0.680. The third-order valence-electron chi connectivity index (χ3n) is 5.16. The molecule has 0 saturated heterocycles. The third-order valence-corrected chi connectivity index (χ3v) is 6.10. The summed E-state index contributed by atoms with van der Waals surface area (Å²) in [6, 6.07) is 21.8. The highest BCUT2D eigenvalue weighted by atomic mass is 32.1. The molecule has 4 rings (SSSR count). The average Bonchev–Trinajstić information content (AvgIpc) is 3.36. The summed E-state index contributed by atoms with van der Waals surface area (Å²) in [6.07, 6.45) is 0.0708. The summed E-state index contributed by atoms with van der Waals surface area (Å²) in [4.78, 5) is 29.2. The van der Waals surface area contributed by atoms with Gasteiger partial charge in [-0.25, -0.2) is 4.98 Å². The zero-order chi connectivity index (χ0) is 24.6. The number of thiazole rings is 1. The van der Waals surface area contributed by atoms with Crippen molar-refractivity contribution in [3.8, 4) is 22.1 Å². The molecule has 0 saturated carbocycles. The molecule has 8 heteroatoms. The second kappa shape index (κ2) is 11.3. The lowest BCUT2D eigenvalue weighted by Crippen LogP contribution is -2.12. The Bertz CT molecular complexity index is 1300. The molecule has 0 aliphatic heterocycles. The first-order valence-electron chi connectivity index (χ1n) is 10.8. The number of esters is 1. The fourth-order valence-corrected chi connectivity index (χ4v) is 4.15. The van der Waals surface area contributed by atoms with Crippen LogP contribution in [0.1, 0.15) is 21.6 Å². The highest BCUT2D eigenvalue weighted by Crippen LogP contribution is 2.33. The normalized spacial score (nSPS) is 10.5. The maximum atomic E-state index is 12.4. The topological polar surface area (TPSA) is 86.8 Å². The zero-order valence-corrected chi connectivity index (χ0v) is 20.1. The van der Waals surface area contributed by atoms with Gasteiger partial charge >= 0.3 is 5.97 Å². The predicted octanol–water partition coefficient (Wildman–Crippen LogP) is 5.37. The molecule has 0 spiro atoms. The van der Waals surface area contributed by atoms with E-state index in [1.165, 1.54) is 11.3 Å². The Morgan fingerprint density at radius 2 is 1.66 bits per heavy atom. The van der Waals surface area contributed by atoms with Crippen molar-refractivity contribution in [3.63, 3.8) is 0 Å². The Kier molecular flexibility index (Phi) is 7.74. The monoisotopic (exact) mass is 488 g/mol. The molecule has 3 aromatic carbocycles. The van der Waals surface area contributed by atoms with Gasteiger partial charge in [0.05, 0.1) is 26.3 Å². The summed E-state index contributed by atoms with van der Waals surface area (Å²) in [7, 11) is 3.17. The Hall–Kier alpha value is -4.17. The quantitative estimate of drug-likeness (QED) is 0.319. The first kappa shape index (κ1) is 24.0. The van der Waals surface area contributed by atoms with E-state index < -0.39 is 0 Å². The van der Waals surface area contributed by atoms with Crippen molar-refractivity contribution in [1.29, 1.82) is 0 Å². The van der Waals surface area contributed by atoms with Crippen molar-refractivity contribution >= 4 is 28.9 Å². The predicted molar refractivity (Wildman–Crippen MR) is 135 cm³/mol. The van der Waals surface area contributed by atoms with Crippen LogP contribution in [0, 0.1) is 0 Å². The van der Waals surface area contributed by atoms with Crippen LogP contribution in [0.4, 0.5) is 5.69 Å². The first-order valence-corrected chi connectivity index (χ1v) is 11.7. The number of rotatable bonds is 9. The number of nitrogens with zero attached hydrogens (tertiary/aromatic N) is 1. The average molecular weight is 489 g/mol. The number of hydrogen-bond acceptors (Lipinski definition) is 7. The van der Waals surface area contributed by atoms with Gasteiger partial charge in [0.1, 0.15) is 11.6 Å². The summed E-state index contributed by atoms with van der Waals surface area (Å²) < 4.78 is 16.0. The Morgan fingerprint density at radius 3 is 2.37 bits per heavy atom. The summed E-state index contributed by atoms with van der Waals surface area (Å²) in [5.41, 5.74) is 3.56. The van der Waals surface area contributed by atoms with Crippen molar-refractivity contribution in [2.45, 2.75) is 13.0 Å². The van der Waals surface area contributed by atoms with Crippen molar-refractivity contribution in [2.75, 3.05) is 19.5 Å². The van der Waals surface area contributed by atoms with Crippen molar-refractivity contribution in [2.24, 2.45) is 0 Å². The van der Waals surface area contributed by atoms with E-state index in [4.69, 9.17) is 14.2 Å². The van der Waals surface area contributed by atoms with Crippen LogP contribution in [0.15, 0.2) is 78.2 Å². The second-order valence-corrected chi connectivity index (χ2v) is 8.43. The minimum absolute atomic E-state index is 0.0708. The SMILES string of the molecule is COc1ccc(-c2nc(CC(=O)OCc3ccc(C(=O)Nc4ccccc4)cc3)cs2)cc1OC. The van der Waals surface area contributed by atoms with Crippen LogP contribution in [-0.2, 0) is 22.6 Å². The number of carbonyl (C=O) groups excluding carboxylic acids is 2. The van der Waals surface area contributed by atoms with Gasteiger partial charge in [0.25, 0.3) is 5.91 Å². The van der Waals surface area contributed by atoms with Gasteiger partial charge in [0, 0.05) is 22.2 Å². The molecule has 1 aromatic heterocycles. The number of amides is 1. The van der Waals surface area contributed by atoms with Crippen LogP contribution in [0.5, 0.6) is 11.5 Å². The minimum Gasteiger partial charge on any atom is -0.493 e. The van der Waals surface area contributed by atoms with E-state index in [2.05, 4.69) is 10.3 Å². The highest BCUT2D eigenvalue weighted by molar-refractivity contribution is 7.13. The Morgan fingerprint density at radius 1 is 0.914 bits per heavy atom. The van der Waals surface area contributed by atoms with Gasteiger partial charge in [-0.2, -0.15) is 0 Å². The van der Waals surface area contributed by atoms with Crippen LogP contribution < -0.4 is 14.8 Å². The zero-order valence-electron chi connectivity index (χ0n) is 19.3. The number of para-hydroxylation sites is 1. The Balaban J connectivity index is 1.29. The van der Waals surface area contributed by atoms with E-state index in [9.17, 15) is 9.59 Å². The lowest BCUT2D eigenvalue weighted by atomic mass is 10.1. The molecule has 0 aliphatic carbocycles. The number of aromatic nitrogens is 1. The van der Waals surface area contributed by atoms with E-state index in [-0.39, 0.29) is 24.9 Å². The van der Waals surface area contributed by atoms with Gasteiger partial charge < -0.3 is 19.5 Å². The number of nitrogens with one attached hydrogen (secondary N) is 1. The second-order valence-electron chi connectivity index (χ2n) is 7.57. The molecule has 0 bridgehead atoms. The standard InChI is InChI=1S/C27H24N2O5S/c1-32-23-13-12-20(14-24(23)33-2)27-29-22(17-35-27)15-25(30)34-16-18-8-10-19(11-9-18)26(31)28-21-6-4-3-5-7-21/h3-14,17H,15-16H2,1-2H3,(H,28,31). The molecular formula is C27H24N2O5S.